The molecule has 1 aliphatic carbocycles. The summed E-state index contributed by atoms with van der Waals surface area (Å²) in [6.45, 7) is 8.66. The fourth-order valence-electron chi connectivity index (χ4n) is 2.31. The van der Waals surface area contributed by atoms with Gasteiger partial charge < -0.3 is 14.8 Å². The molecule has 1 N–H and O–H groups in total. The van der Waals surface area contributed by atoms with Crippen LogP contribution in [0.25, 0.3) is 0 Å². The van der Waals surface area contributed by atoms with Crippen molar-refractivity contribution < 1.29 is 14.3 Å². The van der Waals surface area contributed by atoms with Crippen molar-refractivity contribution in [3.63, 3.8) is 0 Å². The van der Waals surface area contributed by atoms with Crippen LogP contribution in [0.5, 0.6) is 0 Å². The van der Waals surface area contributed by atoms with Crippen molar-refractivity contribution in [1.29, 1.82) is 0 Å². The minimum Gasteiger partial charge on any atom is -0.446 e. The van der Waals surface area contributed by atoms with Crippen LogP contribution in [0.2, 0.25) is 0 Å². The maximum absolute atomic E-state index is 12.0. The smallest absolute Gasteiger partial charge is 0.407 e. The molecule has 0 heterocycles. The highest BCUT2D eigenvalue weighted by atomic mass is 16.6. The zero-order chi connectivity index (χ0) is 15.7. The average molecular weight is 297 g/mol. The summed E-state index contributed by atoms with van der Waals surface area (Å²) in [6, 6.07) is 0. The molecule has 4 heteroatoms. The van der Waals surface area contributed by atoms with Crippen LogP contribution in [0.3, 0.4) is 0 Å². The molecule has 0 spiro atoms. The quantitative estimate of drug-likeness (QED) is 0.748. The van der Waals surface area contributed by atoms with E-state index < -0.39 is 0 Å². The molecule has 1 amide bonds. The van der Waals surface area contributed by atoms with Crippen LogP contribution in [0, 0.1) is 0 Å². The zero-order valence-corrected chi connectivity index (χ0v) is 14.0. The molecule has 0 aromatic rings. The van der Waals surface area contributed by atoms with Crippen LogP contribution in [0.15, 0.2) is 12.2 Å². The van der Waals surface area contributed by atoms with Gasteiger partial charge in [0.15, 0.2) is 0 Å². The third-order valence-corrected chi connectivity index (χ3v) is 3.61. The predicted molar refractivity (Wildman–Crippen MR) is 85.4 cm³/mol. The molecule has 0 aromatic heterocycles. The Morgan fingerprint density at radius 2 is 2.00 bits per heavy atom. The Bertz CT molecular complexity index is 337. The summed E-state index contributed by atoms with van der Waals surface area (Å²) in [6.07, 6.45) is 10.1. The van der Waals surface area contributed by atoms with Crippen LogP contribution in [-0.4, -0.2) is 30.4 Å². The van der Waals surface area contributed by atoms with Crippen molar-refractivity contribution in [3.8, 4) is 0 Å². The molecule has 0 radical (unpaired) electrons. The summed E-state index contributed by atoms with van der Waals surface area (Å²) in [5.41, 5.74) is -0.312. The minimum atomic E-state index is -0.312. The van der Waals surface area contributed by atoms with Gasteiger partial charge in [0.1, 0.15) is 6.10 Å². The van der Waals surface area contributed by atoms with E-state index in [9.17, 15) is 4.79 Å². The van der Waals surface area contributed by atoms with E-state index in [0.29, 0.717) is 6.61 Å². The Morgan fingerprint density at radius 3 is 2.71 bits per heavy atom. The molecule has 0 fully saturated rings. The highest BCUT2D eigenvalue weighted by Gasteiger charge is 2.23. The highest BCUT2D eigenvalue weighted by Crippen LogP contribution is 2.16. The van der Waals surface area contributed by atoms with Crippen molar-refractivity contribution in [2.24, 2.45) is 0 Å². The molecule has 1 unspecified atom stereocenters. The lowest BCUT2D eigenvalue weighted by molar-refractivity contribution is 0.0558. The number of ether oxygens (including phenoxy) is 2. The third kappa shape index (κ3) is 8.76. The first kappa shape index (κ1) is 18.0. The van der Waals surface area contributed by atoms with E-state index in [1.165, 1.54) is 0 Å². The Morgan fingerprint density at radius 1 is 1.29 bits per heavy atom. The number of carbonyl (C=O) groups is 1. The van der Waals surface area contributed by atoms with Crippen molar-refractivity contribution in [3.05, 3.63) is 12.2 Å². The number of hydrogen-bond donors (Lipinski definition) is 1. The number of nitrogens with one attached hydrogen (secondary N) is 1. The molecule has 0 bridgehead atoms. The van der Waals surface area contributed by atoms with Gasteiger partial charge in [0.05, 0.1) is 6.10 Å². The van der Waals surface area contributed by atoms with Gasteiger partial charge in [-0.1, -0.05) is 12.2 Å². The summed E-state index contributed by atoms with van der Waals surface area (Å²) in [7, 11) is 0. The van der Waals surface area contributed by atoms with E-state index in [-0.39, 0.29) is 23.8 Å². The average Bonchev–Trinajstić information content (AvgIpc) is 2.30. The molecule has 1 atom stereocenters. The monoisotopic (exact) mass is 297 g/mol. The molecular weight excluding hydrogens is 266 g/mol. The lowest BCUT2D eigenvalue weighted by atomic mass is 10.0. The van der Waals surface area contributed by atoms with Gasteiger partial charge >= 0.3 is 6.09 Å². The maximum atomic E-state index is 12.0. The van der Waals surface area contributed by atoms with E-state index in [2.05, 4.69) is 17.5 Å². The summed E-state index contributed by atoms with van der Waals surface area (Å²) in [4.78, 5) is 12.0. The molecule has 4 nitrogen and oxygen atoms in total. The first-order chi connectivity index (χ1) is 9.89. The van der Waals surface area contributed by atoms with Crippen molar-refractivity contribution >= 4 is 6.09 Å². The second-order valence-electron chi connectivity index (χ2n) is 6.69. The zero-order valence-electron chi connectivity index (χ0n) is 14.0. The first-order valence-electron chi connectivity index (χ1n) is 8.14. The number of carbonyl (C=O) groups excluding carboxylic acids is 1. The lowest BCUT2D eigenvalue weighted by Gasteiger charge is -2.28. The second-order valence-corrected chi connectivity index (χ2v) is 6.69. The molecule has 21 heavy (non-hydrogen) atoms. The number of hydrogen-bond acceptors (Lipinski definition) is 3. The maximum Gasteiger partial charge on any atom is 0.407 e. The summed E-state index contributed by atoms with van der Waals surface area (Å²) in [5.74, 6) is 0. The number of rotatable bonds is 6. The van der Waals surface area contributed by atoms with Crippen LogP contribution < -0.4 is 5.32 Å². The van der Waals surface area contributed by atoms with Gasteiger partial charge in [-0.05, 0) is 66.2 Å². The van der Waals surface area contributed by atoms with E-state index in [1.54, 1.807) is 0 Å². The van der Waals surface area contributed by atoms with Crippen molar-refractivity contribution in [2.75, 3.05) is 6.61 Å². The fourth-order valence-corrected chi connectivity index (χ4v) is 2.31. The fraction of sp³-hybridized carbons (Fsp3) is 0.824. The molecule has 122 valence electrons. The lowest BCUT2D eigenvalue weighted by Crippen LogP contribution is -2.45. The molecule has 1 aliphatic rings. The number of allylic oxidation sites excluding steroid dienone is 2. The molecule has 0 aromatic carbocycles. The van der Waals surface area contributed by atoms with Gasteiger partial charge in [-0.2, -0.15) is 0 Å². The normalized spacial score (nSPS) is 21.5. The third-order valence-electron chi connectivity index (χ3n) is 3.61. The van der Waals surface area contributed by atoms with Crippen LogP contribution >= 0.6 is 0 Å². The number of alkyl carbamates (subject to hydrolysis) is 1. The Hall–Kier alpha value is -1.03. The summed E-state index contributed by atoms with van der Waals surface area (Å²) in [5, 5.41) is 2.95. The van der Waals surface area contributed by atoms with Gasteiger partial charge in [0.2, 0.25) is 0 Å². The Labute approximate surface area is 129 Å². The SMILES string of the molecule is CC(C)OCCC(C)(C)NC(=O)OC1CC/C=C/CCC1. The van der Waals surface area contributed by atoms with Gasteiger partial charge in [0, 0.05) is 12.1 Å². The summed E-state index contributed by atoms with van der Waals surface area (Å²) < 4.78 is 11.1. The molecule has 0 aliphatic heterocycles. The standard InChI is InChI=1S/C17H31NO3/c1-14(2)20-13-12-17(3,4)18-16(19)21-15-10-8-6-5-7-9-11-15/h5-6,14-15H,7-13H2,1-4H3,(H,18,19)/b6-5+. The van der Waals surface area contributed by atoms with Crippen LogP contribution in [-0.2, 0) is 9.47 Å². The van der Waals surface area contributed by atoms with Crippen molar-refractivity contribution in [1.82, 2.24) is 5.32 Å². The van der Waals surface area contributed by atoms with E-state index in [0.717, 1.165) is 38.5 Å². The highest BCUT2D eigenvalue weighted by molar-refractivity contribution is 5.68. The van der Waals surface area contributed by atoms with Gasteiger partial charge in [-0.3, -0.25) is 0 Å². The molecule has 0 saturated carbocycles. The first-order valence-corrected chi connectivity index (χ1v) is 8.14. The minimum absolute atomic E-state index is 0.0395. The van der Waals surface area contributed by atoms with Crippen molar-refractivity contribution in [2.45, 2.75) is 84.0 Å². The molecule has 1 rings (SSSR count). The van der Waals surface area contributed by atoms with Gasteiger partial charge in [-0.25, -0.2) is 4.79 Å². The van der Waals surface area contributed by atoms with E-state index >= 15 is 0 Å². The predicted octanol–water partition coefficient (Wildman–Crippen LogP) is 4.20. The Kier molecular flexibility index (Phi) is 7.79. The van der Waals surface area contributed by atoms with Gasteiger partial charge in [-0.15, -0.1) is 0 Å². The summed E-state index contributed by atoms with van der Waals surface area (Å²) >= 11 is 0. The second kappa shape index (κ2) is 9.08. The topological polar surface area (TPSA) is 47.6 Å². The van der Waals surface area contributed by atoms with E-state index in [1.807, 2.05) is 27.7 Å². The molecule has 0 saturated heterocycles. The van der Waals surface area contributed by atoms with Crippen LogP contribution in [0.1, 0.15) is 66.2 Å². The van der Waals surface area contributed by atoms with E-state index in [4.69, 9.17) is 9.47 Å². The molecular formula is C17H31NO3. The number of amides is 1. The largest absolute Gasteiger partial charge is 0.446 e. The Balaban J connectivity index is 2.31. The van der Waals surface area contributed by atoms with Gasteiger partial charge in [0.25, 0.3) is 0 Å². The van der Waals surface area contributed by atoms with Crippen LogP contribution in [0.4, 0.5) is 4.79 Å².